The summed E-state index contributed by atoms with van der Waals surface area (Å²) in [5.41, 5.74) is -20.6. The molecule has 0 bridgehead atoms. The molecule has 0 fully saturated rings. The quantitative estimate of drug-likeness (QED) is 0.166. The summed E-state index contributed by atoms with van der Waals surface area (Å²) in [5.74, 6) is -5.03. The van der Waals surface area contributed by atoms with Crippen LogP contribution in [-0.2, 0) is 4.74 Å². The maximum absolute atomic E-state index is 12.6. The van der Waals surface area contributed by atoms with Crippen molar-refractivity contribution < 1.29 is 53.7 Å². The molecule has 0 N–H and O–H groups in total. The summed E-state index contributed by atoms with van der Waals surface area (Å²) in [7, 11) is 0. The van der Waals surface area contributed by atoms with Gasteiger partial charge in [0.25, 0.3) is 0 Å². The van der Waals surface area contributed by atoms with Gasteiger partial charge in [-0.1, -0.05) is 0 Å². The average molecular weight is 586 g/mol. The van der Waals surface area contributed by atoms with Crippen molar-refractivity contribution in [1.29, 1.82) is 0 Å². The molecule has 0 atom stereocenters. The number of rotatable bonds is 10. The maximum atomic E-state index is 12.6. The molecule has 0 saturated heterocycles. The van der Waals surface area contributed by atoms with Crippen LogP contribution in [0.15, 0.2) is 12.1 Å². The van der Waals surface area contributed by atoms with E-state index in [0.717, 1.165) is 0 Å². The summed E-state index contributed by atoms with van der Waals surface area (Å²) in [5, 5.41) is 90.5. The number of ether oxygens (including phenoxy) is 1. The molecule has 27 nitrogen and oxygen atoms in total. The van der Waals surface area contributed by atoms with Gasteiger partial charge in [-0.05, 0) is 0 Å². The summed E-state index contributed by atoms with van der Waals surface area (Å²) < 4.78 is 4.03. The smallest absolute Gasteiger partial charge is 0.385 e. The number of benzene rings is 2. The molecule has 0 heterocycles. The van der Waals surface area contributed by atoms with Crippen LogP contribution in [-0.4, -0.2) is 51.3 Å². The number of hydrogen-bond donors (Lipinski definition) is 0. The number of esters is 2. The highest BCUT2D eigenvalue weighted by atomic mass is 16.7. The van der Waals surface area contributed by atoms with Crippen LogP contribution >= 0.6 is 0 Å². The minimum Gasteiger partial charge on any atom is -0.385 e. The zero-order valence-electron chi connectivity index (χ0n) is 18.5. The second kappa shape index (κ2) is 10.6. The summed E-state index contributed by atoms with van der Waals surface area (Å²) in [6.07, 6.45) is 0. The van der Waals surface area contributed by atoms with Gasteiger partial charge in [0.15, 0.2) is 11.1 Å². The molecular formula is C14H2N8O19. The molecule has 0 amide bonds. The number of hydrogen-bond acceptors (Lipinski definition) is 19. The second-order valence-electron chi connectivity index (χ2n) is 6.71. The van der Waals surface area contributed by atoms with Gasteiger partial charge >= 0.3 is 57.4 Å². The third kappa shape index (κ3) is 5.27. The van der Waals surface area contributed by atoms with Gasteiger partial charge in [0.2, 0.25) is 0 Å². The van der Waals surface area contributed by atoms with Gasteiger partial charge in [-0.25, -0.2) is 9.59 Å². The van der Waals surface area contributed by atoms with Crippen LogP contribution in [0.3, 0.4) is 0 Å². The Morgan fingerprint density at radius 3 is 0.854 bits per heavy atom. The molecule has 0 saturated carbocycles. The fourth-order valence-corrected chi connectivity index (χ4v) is 3.13. The fourth-order valence-electron chi connectivity index (χ4n) is 3.13. The third-order valence-corrected chi connectivity index (χ3v) is 4.57. The fraction of sp³-hybridized carbons (Fsp3) is 0. The first-order valence-electron chi connectivity index (χ1n) is 9.18. The molecule has 0 aromatic heterocycles. The lowest BCUT2D eigenvalue weighted by Crippen LogP contribution is -2.18. The largest absolute Gasteiger partial charge is 0.430 e. The number of nitrogens with zero attached hydrogens (tertiary/aromatic N) is 8. The van der Waals surface area contributed by atoms with Crippen molar-refractivity contribution in [3.63, 3.8) is 0 Å². The Morgan fingerprint density at radius 2 is 0.659 bits per heavy atom. The van der Waals surface area contributed by atoms with Gasteiger partial charge in [0.1, 0.15) is 0 Å². The van der Waals surface area contributed by atoms with Crippen molar-refractivity contribution in [2.45, 2.75) is 0 Å². The van der Waals surface area contributed by atoms with E-state index in [1.54, 1.807) is 0 Å². The SMILES string of the molecule is O=C(OC(=O)c1cc([N+](=O)[O-])c([N+](=O)[O-])c([N+](=O)[O-])c1[N+](=O)[O-])c1cc([N+](=O)[O-])c([N+](=O)[O-])c([N+](=O)[O-])c1[N+](=O)[O-]. The van der Waals surface area contributed by atoms with Crippen molar-refractivity contribution in [3.8, 4) is 0 Å². The molecule has 27 heteroatoms. The van der Waals surface area contributed by atoms with Gasteiger partial charge in [0, 0.05) is 12.1 Å². The van der Waals surface area contributed by atoms with Crippen molar-refractivity contribution in [2.75, 3.05) is 0 Å². The Labute approximate surface area is 216 Å². The highest BCUT2D eigenvalue weighted by molar-refractivity contribution is 6.09. The van der Waals surface area contributed by atoms with E-state index in [1.165, 1.54) is 0 Å². The first-order valence-corrected chi connectivity index (χ1v) is 9.18. The first kappa shape index (κ1) is 30.0. The molecule has 0 aliphatic rings. The van der Waals surface area contributed by atoms with Crippen molar-refractivity contribution in [1.82, 2.24) is 0 Å². The normalized spacial score (nSPS) is 10.2. The molecule has 2 aromatic carbocycles. The van der Waals surface area contributed by atoms with E-state index in [4.69, 9.17) is 0 Å². The molecule has 2 aromatic rings. The Bertz CT molecular complexity index is 1560. The maximum Gasteiger partial charge on any atom is 0.430 e. The summed E-state index contributed by atoms with van der Waals surface area (Å²) in [6.45, 7) is 0. The van der Waals surface area contributed by atoms with Crippen LogP contribution < -0.4 is 0 Å². The summed E-state index contributed by atoms with van der Waals surface area (Å²) in [6, 6.07) is -0.623. The van der Waals surface area contributed by atoms with Crippen LogP contribution in [0.2, 0.25) is 0 Å². The minimum absolute atomic E-state index is 0.311. The second-order valence-corrected chi connectivity index (χ2v) is 6.71. The molecular weight excluding hydrogens is 584 g/mol. The van der Waals surface area contributed by atoms with Crippen molar-refractivity contribution in [3.05, 3.63) is 104 Å². The zero-order chi connectivity index (χ0) is 31.7. The zero-order valence-corrected chi connectivity index (χ0v) is 18.5. The van der Waals surface area contributed by atoms with Crippen molar-refractivity contribution >= 4 is 57.4 Å². The molecule has 2 rings (SSSR count). The highest BCUT2D eigenvalue weighted by Gasteiger charge is 2.51. The van der Waals surface area contributed by atoms with Crippen molar-refractivity contribution in [2.24, 2.45) is 0 Å². The lowest BCUT2D eigenvalue weighted by Gasteiger charge is -2.06. The van der Waals surface area contributed by atoms with Crippen LogP contribution in [0.5, 0.6) is 0 Å². The van der Waals surface area contributed by atoms with Crippen LogP contribution in [0, 0.1) is 80.9 Å². The van der Waals surface area contributed by atoms with Crippen LogP contribution in [0.4, 0.5) is 45.5 Å². The van der Waals surface area contributed by atoms with E-state index in [0.29, 0.717) is 0 Å². The predicted octanol–water partition coefficient (Wildman–Crippen LogP) is 1.95. The van der Waals surface area contributed by atoms with E-state index < -0.39 is 108 Å². The van der Waals surface area contributed by atoms with Gasteiger partial charge < -0.3 is 4.74 Å². The number of nitro groups is 8. The number of carbonyl (C=O) groups is 2. The Kier molecular flexibility index (Phi) is 7.79. The molecule has 0 aliphatic carbocycles. The Morgan fingerprint density at radius 1 is 0.415 bits per heavy atom. The lowest BCUT2D eigenvalue weighted by atomic mass is 10.1. The Hall–Kier alpha value is -7.22. The lowest BCUT2D eigenvalue weighted by molar-refractivity contribution is -0.452. The van der Waals surface area contributed by atoms with E-state index in [1.807, 2.05) is 0 Å². The summed E-state index contributed by atoms with van der Waals surface area (Å²) in [4.78, 5) is 101. The molecule has 0 spiro atoms. The monoisotopic (exact) mass is 586 g/mol. The van der Waals surface area contributed by atoms with E-state index >= 15 is 0 Å². The average Bonchev–Trinajstić information content (AvgIpc) is 2.84. The highest BCUT2D eigenvalue weighted by Crippen LogP contribution is 2.47. The van der Waals surface area contributed by atoms with E-state index in [9.17, 15) is 90.5 Å². The van der Waals surface area contributed by atoms with E-state index in [2.05, 4.69) is 4.74 Å². The standard InChI is InChI=1S/C14H2N8O19/c23-13(3-1-5(15(25)26)9(19(33)34)11(21(37)38)7(3)17(29)30)41-14(24)4-2-6(16(27)28)10(20(35)36)12(22(39)40)8(4)18(31)32/h1-2H. The van der Waals surface area contributed by atoms with Gasteiger partial charge in [-0.3, -0.25) is 80.9 Å². The predicted molar refractivity (Wildman–Crippen MR) is 116 cm³/mol. The van der Waals surface area contributed by atoms with Gasteiger partial charge in [0.05, 0.1) is 39.4 Å². The molecule has 41 heavy (non-hydrogen) atoms. The van der Waals surface area contributed by atoms with Crippen LogP contribution in [0.25, 0.3) is 0 Å². The van der Waals surface area contributed by atoms with Gasteiger partial charge in [-0.2, -0.15) is 0 Å². The van der Waals surface area contributed by atoms with E-state index in [-0.39, 0.29) is 12.1 Å². The molecule has 0 unspecified atom stereocenters. The third-order valence-electron chi connectivity index (χ3n) is 4.57. The van der Waals surface area contributed by atoms with Crippen LogP contribution in [0.1, 0.15) is 20.7 Å². The van der Waals surface area contributed by atoms with Gasteiger partial charge in [-0.15, -0.1) is 0 Å². The topological polar surface area (TPSA) is 388 Å². The Balaban J connectivity index is 2.94. The molecule has 0 radical (unpaired) electrons. The summed E-state index contributed by atoms with van der Waals surface area (Å²) >= 11 is 0. The molecule has 0 aliphatic heterocycles. The molecule has 212 valence electrons. The minimum atomic E-state index is -2.51. The number of carbonyl (C=O) groups excluding carboxylic acids is 2. The first-order chi connectivity index (χ1) is 18.8. The number of nitro benzene ring substituents is 8.